The average molecular weight is 417 g/mol. The molecule has 1 aliphatic carbocycles. The van der Waals surface area contributed by atoms with Crippen LogP contribution in [-0.4, -0.2) is 29.1 Å². The fourth-order valence-corrected chi connectivity index (χ4v) is 3.46. The first-order valence-corrected chi connectivity index (χ1v) is 9.46. The second-order valence-corrected chi connectivity index (χ2v) is 7.44. The van der Waals surface area contributed by atoms with E-state index in [-0.39, 0.29) is 24.0 Å². The van der Waals surface area contributed by atoms with E-state index in [2.05, 4.69) is 26.6 Å². The van der Waals surface area contributed by atoms with Crippen molar-refractivity contribution in [1.82, 2.24) is 5.32 Å². The average Bonchev–Trinajstić information content (AvgIpc) is 2.64. The quantitative estimate of drug-likeness (QED) is 0.710. The van der Waals surface area contributed by atoms with Crippen LogP contribution in [0, 0.1) is 0 Å². The van der Waals surface area contributed by atoms with E-state index in [1.165, 1.54) is 0 Å². The third-order valence-electron chi connectivity index (χ3n) is 4.50. The van der Waals surface area contributed by atoms with E-state index < -0.39 is 0 Å². The molecular formula is C20H21BrN2O3. The minimum absolute atomic E-state index is 0.0887. The van der Waals surface area contributed by atoms with E-state index in [4.69, 9.17) is 0 Å². The molecule has 2 aromatic rings. The zero-order chi connectivity index (χ0) is 18.5. The second-order valence-electron chi connectivity index (χ2n) is 6.52. The zero-order valence-electron chi connectivity index (χ0n) is 14.2. The number of carbonyl (C=O) groups excluding carboxylic acids is 2. The molecule has 0 bridgehead atoms. The van der Waals surface area contributed by atoms with Crippen molar-refractivity contribution >= 4 is 33.4 Å². The Morgan fingerprint density at radius 1 is 0.923 bits per heavy atom. The second kappa shape index (κ2) is 8.47. The van der Waals surface area contributed by atoms with Crippen molar-refractivity contribution in [2.24, 2.45) is 0 Å². The van der Waals surface area contributed by atoms with Crippen molar-refractivity contribution < 1.29 is 14.7 Å². The van der Waals surface area contributed by atoms with Crippen LogP contribution in [0.2, 0.25) is 0 Å². The Kier molecular flexibility index (Phi) is 6.06. The number of rotatable bonds is 4. The van der Waals surface area contributed by atoms with Crippen LogP contribution in [0.15, 0.2) is 53.0 Å². The first-order valence-electron chi connectivity index (χ1n) is 8.67. The van der Waals surface area contributed by atoms with Gasteiger partial charge in [-0.3, -0.25) is 9.59 Å². The molecule has 0 saturated heterocycles. The topological polar surface area (TPSA) is 78.4 Å². The molecule has 0 spiro atoms. The normalized spacial score (nSPS) is 19.6. The summed E-state index contributed by atoms with van der Waals surface area (Å²) < 4.78 is 0.830. The number of hydrogen-bond acceptors (Lipinski definition) is 3. The summed E-state index contributed by atoms with van der Waals surface area (Å²) in [5.74, 6) is -0.393. The van der Waals surface area contributed by atoms with Crippen LogP contribution >= 0.6 is 15.9 Å². The van der Waals surface area contributed by atoms with E-state index in [1.54, 1.807) is 42.5 Å². The molecule has 2 aromatic carbocycles. The van der Waals surface area contributed by atoms with Crippen molar-refractivity contribution in [1.29, 1.82) is 0 Å². The number of hydrogen-bond donors (Lipinski definition) is 3. The van der Waals surface area contributed by atoms with E-state index in [0.29, 0.717) is 29.7 Å². The standard InChI is InChI=1S/C20H21BrN2O3/c21-15-5-1-3-13(11-15)19(25)23-17-6-2-4-14(12-17)20(26)22-16-7-9-18(24)10-8-16/h1-6,11-12,16,18,24H,7-10H2,(H,22,26)(H,23,25). The molecule has 1 aliphatic rings. The van der Waals surface area contributed by atoms with Gasteiger partial charge in [-0.1, -0.05) is 28.1 Å². The van der Waals surface area contributed by atoms with Crippen molar-refractivity contribution in [3.8, 4) is 0 Å². The van der Waals surface area contributed by atoms with Crippen molar-refractivity contribution in [3.05, 3.63) is 64.1 Å². The Labute approximate surface area is 160 Å². The van der Waals surface area contributed by atoms with Gasteiger partial charge in [0.15, 0.2) is 0 Å². The predicted octanol–water partition coefficient (Wildman–Crippen LogP) is 3.73. The number of aliphatic hydroxyl groups is 1. The maximum absolute atomic E-state index is 12.5. The van der Waals surface area contributed by atoms with E-state index in [9.17, 15) is 14.7 Å². The van der Waals surface area contributed by atoms with Gasteiger partial charge in [0.25, 0.3) is 11.8 Å². The van der Waals surface area contributed by atoms with Gasteiger partial charge < -0.3 is 15.7 Å². The van der Waals surface area contributed by atoms with Crippen LogP contribution in [0.25, 0.3) is 0 Å². The number of nitrogens with one attached hydrogen (secondary N) is 2. The van der Waals surface area contributed by atoms with Gasteiger partial charge in [0.2, 0.25) is 0 Å². The molecule has 0 atom stereocenters. The highest BCUT2D eigenvalue weighted by atomic mass is 79.9. The third kappa shape index (κ3) is 4.93. The maximum Gasteiger partial charge on any atom is 0.255 e. The van der Waals surface area contributed by atoms with E-state index >= 15 is 0 Å². The van der Waals surface area contributed by atoms with Crippen molar-refractivity contribution in [3.63, 3.8) is 0 Å². The Morgan fingerprint density at radius 2 is 1.58 bits per heavy atom. The summed E-state index contributed by atoms with van der Waals surface area (Å²) in [7, 11) is 0. The van der Waals surface area contributed by atoms with Crippen LogP contribution < -0.4 is 10.6 Å². The molecule has 0 aliphatic heterocycles. The summed E-state index contributed by atoms with van der Waals surface area (Å²) in [5.41, 5.74) is 1.61. The van der Waals surface area contributed by atoms with Gasteiger partial charge in [-0.2, -0.15) is 0 Å². The lowest BCUT2D eigenvalue weighted by atomic mass is 9.93. The number of amides is 2. The fourth-order valence-electron chi connectivity index (χ4n) is 3.06. The van der Waals surface area contributed by atoms with Gasteiger partial charge in [-0.15, -0.1) is 0 Å². The Hall–Kier alpha value is -2.18. The summed E-state index contributed by atoms with van der Waals surface area (Å²) in [6.45, 7) is 0. The highest BCUT2D eigenvalue weighted by molar-refractivity contribution is 9.10. The molecule has 3 N–H and O–H groups in total. The number of anilines is 1. The molecule has 0 aromatic heterocycles. The Bertz CT molecular complexity index is 801. The summed E-state index contributed by atoms with van der Waals surface area (Å²) in [5, 5.41) is 15.4. The molecule has 3 rings (SSSR count). The highest BCUT2D eigenvalue weighted by Gasteiger charge is 2.21. The minimum atomic E-state index is -0.250. The number of carbonyl (C=O) groups is 2. The molecule has 0 unspecified atom stereocenters. The lowest BCUT2D eigenvalue weighted by Crippen LogP contribution is -2.38. The SMILES string of the molecule is O=C(Nc1cccc(C(=O)NC2CCC(O)CC2)c1)c1cccc(Br)c1. The Balaban J connectivity index is 1.64. The highest BCUT2D eigenvalue weighted by Crippen LogP contribution is 2.19. The molecule has 0 heterocycles. The molecule has 0 radical (unpaired) electrons. The summed E-state index contributed by atoms with van der Waals surface area (Å²) in [6, 6.07) is 14.1. The zero-order valence-corrected chi connectivity index (χ0v) is 15.8. The number of halogens is 1. The van der Waals surface area contributed by atoms with Gasteiger partial charge in [0.1, 0.15) is 0 Å². The predicted molar refractivity (Wildman–Crippen MR) is 104 cm³/mol. The lowest BCUT2D eigenvalue weighted by Gasteiger charge is -2.26. The first kappa shape index (κ1) is 18.6. The molecule has 6 heteroatoms. The summed E-state index contributed by atoms with van der Waals surface area (Å²) >= 11 is 3.35. The molecule has 136 valence electrons. The monoisotopic (exact) mass is 416 g/mol. The number of benzene rings is 2. The van der Waals surface area contributed by atoms with Crippen LogP contribution in [0.3, 0.4) is 0 Å². The summed E-state index contributed by atoms with van der Waals surface area (Å²) in [4.78, 5) is 24.8. The lowest BCUT2D eigenvalue weighted by molar-refractivity contribution is 0.0867. The van der Waals surface area contributed by atoms with Crippen LogP contribution in [0.4, 0.5) is 5.69 Å². The Morgan fingerprint density at radius 3 is 2.27 bits per heavy atom. The minimum Gasteiger partial charge on any atom is -0.393 e. The fraction of sp³-hybridized carbons (Fsp3) is 0.300. The molecule has 5 nitrogen and oxygen atoms in total. The van der Waals surface area contributed by atoms with Gasteiger partial charge in [0, 0.05) is 27.3 Å². The van der Waals surface area contributed by atoms with Gasteiger partial charge >= 0.3 is 0 Å². The van der Waals surface area contributed by atoms with E-state index in [0.717, 1.165) is 17.3 Å². The molecule has 1 fully saturated rings. The molecular weight excluding hydrogens is 396 g/mol. The molecule has 1 saturated carbocycles. The van der Waals surface area contributed by atoms with Crippen molar-refractivity contribution in [2.75, 3.05) is 5.32 Å². The molecule has 26 heavy (non-hydrogen) atoms. The third-order valence-corrected chi connectivity index (χ3v) is 4.99. The van der Waals surface area contributed by atoms with Gasteiger partial charge in [-0.05, 0) is 62.1 Å². The smallest absolute Gasteiger partial charge is 0.255 e. The molecule has 2 amide bonds. The van der Waals surface area contributed by atoms with E-state index in [1.807, 2.05) is 6.07 Å². The van der Waals surface area contributed by atoms with Crippen molar-refractivity contribution in [2.45, 2.75) is 37.8 Å². The number of aliphatic hydroxyl groups excluding tert-OH is 1. The van der Waals surface area contributed by atoms with Gasteiger partial charge in [0.05, 0.1) is 6.10 Å². The first-order chi connectivity index (χ1) is 12.5. The summed E-state index contributed by atoms with van der Waals surface area (Å²) in [6.07, 6.45) is 2.75. The largest absolute Gasteiger partial charge is 0.393 e. The van der Waals surface area contributed by atoms with Crippen LogP contribution in [0.1, 0.15) is 46.4 Å². The van der Waals surface area contributed by atoms with Gasteiger partial charge in [-0.25, -0.2) is 0 Å². The van der Waals surface area contributed by atoms with Crippen LogP contribution in [0.5, 0.6) is 0 Å². The van der Waals surface area contributed by atoms with Crippen LogP contribution in [-0.2, 0) is 0 Å². The maximum atomic E-state index is 12.5.